The van der Waals surface area contributed by atoms with Gasteiger partial charge in [0.25, 0.3) is 0 Å². The van der Waals surface area contributed by atoms with Crippen LogP contribution in [-0.4, -0.2) is 50.2 Å². The lowest BCUT2D eigenvalue weighted by molar-refractivity contribution is -0.125. The van der Waals surface area contributed by atoms with Crippen LogP contribution in [0.25, 0.3) is 11.5 Å². The molecule has 8 heteroatoms. The summed E-state index contributed by atoms with van der Waals surface area (Å²) >= 11 is 0. The number of carbonyl (C=O) groups excluding carboxylic acids is 1. The zero-order valence-electron chi connectivity index (χ0n) is 12.7. The van der Waals surface area contributed by atoms with Gasteiger partial charge >= 0.3 is 5.69 Å². The van der Waals surface area contributed by atoms with Crippen molar-refractivity contribution in [2.75, 3.05) is 13.1 Å². The summed E-state index contributed by atoms with van der Waals surface area (Å²) in [6.45, 7) is 6.55. The van der Waals surface area contributed by atoms with Crippen LogP contribution in [0.5, 0.6) is 5.88 Å². The molecule has 1 atom stereocenters. The van der Waals surface area contributed by atoms with Crippen molar-refractivity contribution in [2.45, 2.75) is 19.4 Å². The third-order valence-corrected chi connectivity index (χ3v) is 3.61. The molecule has 2 aromatic rings. The fraction of sp³-hybridized carbons (Fsp3) is 0.333. The van der Waals surface area contributed by atoms with Gasteiger partial charge in [0.15, 0.2) is 5.82 Å². The largest absolute Gasteiger partial charge is 0.472 e. The highest BCUT2D eigenvalue weighted by atomic mass is 16.5. The molecule has 1 amide bonds. The maximum absolute atomic E-state index is 11.6. The van der Waals surface area contributed by atoms with Gasteiger partial charge in [0, 0.05) is 19.0 Å². The molecule has 2 N–H and O–H groups in total. The monoisotopic (exact) mass is 315 g/mol. The van der Waals surface area contributed by atoms with E-state index in [2.05, 4.69) is 26.7 Å². The van der Waals surface area contributed by atoms with Crippen LogP contribution in [0.1, 0.15) is 12.0 Å². The van der Waals surface area contributed by atoms with E-state index in [0.717, 1.165) is 12.0 Å². The molecule has 1 aliphatic rings. The fourth-order valence-corrected chi connectivity index (χ4v) is 2.53. The number of hydrogen-bond acceptors (Lipinski definition) is 5. The summed E-state index contributed by atoms with van der Waals surface area (Å²) in [5, 5.41) is 6.18. The Labute approximate surface area is 132 Å². The minimum Gasteiger partial charge on any atom is -0.472 e. The van der Waals surface area contributed by atoms with Gasteiger partial charge in [-0.3, -0.25) is 9.78 Å². The first-order chi connectivity index (χ1) is 11.0. The van der Waals surface area contributed by atoms with E-state index in [0.29, 0.717) is 30.5 Å². The number of ether oxygens (including phenoxy) is 1. The Balaban J connectivity index is 1.76. The minimum atomic E-state index is -0.389. The van der Waals surface area contributed by atoms with Gasteiger partial charge in [-0.25, -0.2) is 14.9 Å². The lowest BCUT2D eigenvalue weighted by atomic mass is 10.2. The van der Waals surface area contributed by atoms with Crippen LogP contribution < -0.4 is 10.4 Å². The number of aromatic amines is 2. The molecule has 0 bridgehead atoms. The van der Waals surface area contributed by atoms with Crippen molar-refractivity contribution in [3.8, 4) is 17.4 Å². The molecule has 0 saturated carbocycles. The lowest BCUT2D eigenvalue weighted by Gasteiger charge is -2.15. The van der Waals surface area contributed by atoms with E-state index in [1.165, 1.54) is 6.08 Å². The summed E-state index contributed by atoms with van der Waals surface area (Å²) in [6.07, 6.45) is 1.93. The highest BCUT2D eigenvalue weighted by Gasteiger charge is 2.26. The number of carbonyl (C=O) groups is 1. The smallest absolute Gasteiger partial charge is 0.340 e. The van der Waals surface area contributed by atoms with Crippen LogP contribution in [0.2, 0.25) is 0 Å². The Kier molecular flexibility index (Phi) is 3.96. The Morgan fingerprint density at radius 1 is 1.52 bits per heavy atom. The van der Waals surface area contributed by atoms with Gasteiger partial charge in [0.05, 0.1) is 6.54 Å². The van der Waals surface area contributed by atoms with Crippen LogP contribution in [-0.2, 0) is 4.79 Å². The van der Waals surface area contributed by atoms with Crippen molar-refractivity contribution in [2.24, 2.45) is 0 Å². The van der Waals surface area contributed by atoms with E-state index in [1.807, 2.05) is 13.0 Å². The number of nitrogens with zero attached hydrogens (tertiary/aromatic N) is 3. The minimum absolute atomic E-state index is 0.0944. The van der Waals surface area contributed by atoms with Gasteiger partial charge in [-0.2, -0.15) is 5.10 Å². The average Bonchev–Trinajstić information content (AvgIpc) is 3.15. The number of rotatable bonds is 4. The van der Waals surface area contributed by atoms with Gasteiger partial charge < -0.3 is 9.64 Å². The molecule has 2 aromatic heterocycles. The second-order valence-electron chi connectivity index (χ2n) is 5.41. The number of nitrogens with one attached hydrogen (secondary N) is 2. The van der Waals surface area contributed by atoms with Crippen molar-refractivity contribution in [3.05, 3.63) is 40.8 Å². The van der Waals surface area contributed by atoms with E-state index < -0.39 is 0 Å². The van der Waals surface area contributed by atoms with Crippen LogP contribution in [0.4, 0.5) is 0 Å². The molecule has 23 heavy (non-hydrogen) atoms. The molecule has 120 valence electrons. The van der Waals surface area contributed by atoms with Gasteiger partial charge in [0.1, 0.15) is 11.8 Å². The SMILES string of the molecule is C=CC(=O)N1CCC(Oc2cc(C)cc(-c3n[nH]c(=O)[nH]3)n2)C1. The summed E-state index contributed by atoms with van der Waals surface area (Å²) in [6, 6.07) is 3.62. The molecule has 1 unspecified atom stereocenters. The molecule has 0 aliphatic carbocycles. The Bertz CT molecular complexity index is 794. The van der Waals surface area contributed by atoms with Crippen LogP contribution in [0.3, 0.4) is 0 Å². The van der Waals surface area contributed by atoms with Gasteiger partial charge in [-0.15, -0.1) is 0 Å². The van der Waals surface area contributed by atoms with Gasteiger partial charge in [0.2, 0.25) is 11.8 Å². The Hall–Kier alpha value is -2.90. The van der Waals surface area contributed by atoms with Crippen molar-refractivity contribution in [1.82, 2.24) is 25.1 Å². The molecule has 1 fully saturated rings. The number of likely N-dealkylation sites (tertiary alicyclic amines) is 1. The number of aromatic nitrogens is 4. The summed E-state index contributed by atoms with van der Waals surface area (Å²) < 4.78 is 5.88. The predicted molar refractivity (Wildman–Crippen MR) is 83.0 cm³/mol. The molecular formula is C15H17N5O3. The van der Waals surface area contributed by atoms with Crippen LogP contribution in [0.15, 0.2) is 29.6 Å². The van der Waals surface area contributed by atoms with E-state index in [9.17, 15) is 9.59 Å². The first-order valence-electron chi connectivity index (χ1n) is 7.27. The van der Waals surface area contributed by atoms with Gasteiger partial charge in [-0.05, 0) is 24.6 Å². The number of pyridine rings is 1. The second kappa shape index (κ2) is 6.07. The normalized spacial score (nSPS) is 17.3. The van der Waals surface area contributed by atoms with E-state index >= 15 is 0 Å². The third kappa shape index (κ3) is 3.31. The Morgan fingerprint density at radius 2 is 2.35 bits per heavy atom. The zero-order valence-corrected chi connectivity index (χ0v) is 12.7. The van der Waals surface area contributed by atoms with E-state index in [-0.39, 0.29) is 17.7 Å². The molecule has 0 aromatic carbocycles. The molecule has 0 spiro atoms. The molecule has 3 heterocycles. The Morgan fingerprint density at radius 3 is 3.04 bits per heavy atom. The number of hydrogen-bond donors (Lipinski definition) is 2. The highest BCUT2D eigenvalue weighted by Crippen LogP contribution is 2.21. The average molecular weight is 315 g/mol. The first-order valence-corrected chi connectivity index (χ1v) is 7.27. The van der Waals surface area contributed by atoms with Crippen molar-refractivity contribution >= 4 is 5.91 Å². The number of H-pyrrole nitrogens is 2. The molecule has 1 saturated heterocycles. The van der Waals surface area contributed by atoms with Crippen molar-refractivity contribution in [3.63, 3.8) is 0 Å². The molecular weight excluding hydrogens is 298 g/mol. The second-order valence-corrected chi connectivity index (χ2v) is 5.41. The van der Waals surface area contributed by atoms with E-state index in [1.54, 1.807) is 11.0 Å². The van der Waals surface area contributed by atoms with Crippen molar-refractivity contribution < 1.29 is 9.53 Å². The predicted octanol–water partition coefficient (Wildman–Crippen LogP) is 0.634. The first kappa shape index (κ1) is 15.0. The summed E-state index contributed by atoms with van der Waals surface area (Å²) in [5.74, 6) is 0.711. The van der Waals surface area contributed by atoms with E-state index in [4.69, 9.17) is 4.74 Å². The van der Waals surface area contributed by atoms with Crippen LogP contribution in [0, 0.1) is 6.92 Å². The maximum Gasteiger partial charge on any atom is 0.340 e. The third-order valence-electron chi connectivity index (χ3n) is 3.61. The molecule has 3 rings (SSSR count). The quantitative estimate of drug-likeness (QED) is 0.806. The van der Waals surface area contributed by atoms with Gasteiger partial charge in [-0.1, -0.05) is 6.58 Å². The van der Waals surface area contributed by atoms with Crippen LogP contribution >= 0.6 is 0 Å². The summed E-state index contributed by atoms with van der Waals surface area (Å²) in [5.41, 5.74) is 1.07. The van der Waals surface area contributed by atoms with Crippen molar-refractivity contribution in [1.29, 1.82) is 0 Å². The summed E-state index contributed by atoms with van der Waals surface area (Å²) in [4.78, 5) is 31.4. The lowest BCUT2D eigenvalue weighted by Crippen LogP contribution is -2.29. The molecule has 8 nitrogen and oxygen atoms in total. The number of aryl methyl sites for hydroxylation is 1. The standard InChI is InChI=1S/C15H17N5O3/c1-3-13(21)20-5-4-10(8-20)23-12-7-9(2)6-11(16-12)14-17-15(22)19-18-14/h3,6-7,10H,1,4-5,8H2,2H3,(H2,17,18,19,22). The molecule has 0 radical (unpaired) electrons. The maximum atomic E-state index is 11.6. The summed E-state index contributed by atoms with van der Waals surface area (Å²) in [7, 11) is 0. The molecule has 1 aliphatic heterocycles. The fourth-order valence-electron chi connectivity index (χ4n) is 2.53. The number of amides is 1. The topological polar surface area (TPSA) is 104 Å². The highest BCUT2D eigenvalue weighted by molar-refractivity contribution is 5.87. The zero-order chi connectivity index (χ0) is 16.4.